The number of nitrogens with one attached hydrogen (secondary N) is 1. The Kier molecular flexibility index (Phi) is 4.13. The number of nitrogen functional groups attached to an aromatic ring is 1. The molecule has 3 N–H and O–H groups in total. The molecule has 7 nitrogen and oxygen atoms in total. The number of aromatic nitrogens is 3. The van der Waals surface area contributed by atoms with Crippen molar-refractivity contribution in [3.05, 3.63) is 47.4 Å². The van der Waals surface area contributed by atoms with Crippen LogP contribution < -0.4 is 15.8 Å². The molecule has 146 valence electrons. The molecule has 2 unspecified atom stereocenters. The van der Waals surface area contributed by atoms with Crippen molar-refractivity contribution in [3.8, 4) is 5.75 Å². The quantitative estimate of drug-likeness (QED) is 0.717. The molecule has 4 heterocycles. The first-order valence-electron chi connectivity index (χ1n) is 9.17. The Hall–Kier alpha value is -2.78. The highest BCUT2D eigenvalue weighted by molar-refractivity contribution is 5.86. The Morgan fingerprint density at radius 1 is 1.21 bits per heavy atom. The molecule has 0 aliphatic carbocycles. The number of anilines is 1. The van der Waals surface area contributed by atoms with Crippen LogP contribution >= 0.6 is 0 Å². The predicted octanol–water partition coefficient (Wildman–Crippen LogP) is 2.30. The molecule has 5 rings (SSSR count). The van der Waals surface area contributed by atoms with E-state index in [4.69, 9.17) is 15.2 Å². The zero-order valence-electron chi connectivity index (χ0n) is 15.0. The average molecular weight is 387 g/mol. The fraction of sp³-hybridized carbons (Fsp3) is 0.368. The van der Waals surface area contributed by atoms with Gasteiger partial charge in [0.05, 0.1) is 12.0 Å². The van der Waals surface area contributed by atoms with Crippen molar-refractivity contribution in [1.29, 1.82) is 0 Å². The maximum absolute atomic E-state index is 14.3. The normalized spacial score (nSPS) is 21.8. The topological polar surface area (TPSA) is 87.2 Å². The number of nitrogens with zero attached hydrogens (tertiary/aromatic N) is 3. The number of rotatable bonds is 3. The van der Waals surface area contributed by atoms with Gasteiger partial charge in [0, 0.05) is 24.7 Å². The van der Waals surface area contributed by atoms with Crippen molar-refractivity contribution in [2.24, 2.45) is 0 Å². The largest absolute Gasteiger partial charge is 0.487 e. The summed E-state index contributed by atoms with van der Waals surface area (Å²) in [4.78, 5) is 7.98. The summed E-state index contributed by atoms with van der Waals surface area (Å²) in [7, 11) is 0. The van der Waals surface area contributed by atoms with Crippen LogP contribution in [0, 0.1) is 11.6 Å². The summed E-state index contributed by atoms with van der Waals surface area (Å²) < 4.78 is 41.9. The van der Waals surface area contributed by atoms with Crippen LogP contribution in [-0.2, 0) is 17.7 Å². The van der Waals surface area contributed by atoms with Gasteiger partial charge in [0.25, 0.3) is 0 Å². The minimum atomic E-state index is -0.486. The summed E-state index contributed by atoms with van der Waals surface area (Å²) in [6.07, 6.45) is 3.10. The number of ether oxygens (including phenoxy) is 2. The van der Waals surface area contributed by atoms with Gasteiger partial charge in [-0.1, -0.05) is 0 Å². The second-order valence-electron chi connectivity index (χ2n) is 7.03. The second kappa shape index (κ2) is 6.68. The van der Waals surface area contributed by atoms with E-state index >= 15 is 0 Å². The standard InChI is InChI=1S/C19H19F2N5O2/c20-13-1-2-15(12-6-23-4-3-11(12)13)28-10-5-16(27-8-10)26-7-14(21)17-18(22)24-9-25-19(17)26/h1-2,7,9-10,16,23H,3-6,8H2,(H2,22,24,25). The minimum absolute atomic E-state index is 0.0949. The first kappa shape index (κ1) is 17.3. The van der Waals surface area contributed by atoms with Crippen LogP contribution in [0.5, 0.6) is 5.75 Å². The number of halogens is 2. The van der Waals surface area contributed by atoms with Gasteiger partial charge in [-0.25, -0.2) is 18.7 Å². The van der Waals surface area contributed by atoms with Gasteiger partial charge in [-0.15, -0.1) is 0 Å². The zero-order chi connectivity index (χ0) is 19.3. The van der Waals surface area contributed by atoms with Crippen molar-refractivity contribution in [2.45, 2.75) is 31.7 Å². The lowest BCUT2D eigenvalue weighted by Gasteiger charge is -2.22. The SMILES string of the molecule is Nc1ncnc2c1c(F)cn2C1CC(Oc2ccc(F)c3c2CNCC3)CO1. The summed E-state index contributed by atoms with van der Waals surface area (Å²) in [5.74, 6) is 0.0705. The molecule has 1 fully saturated rings. The highest BCUT2D eigenvalue weighted by Gasteiger charge is 2.31. The lowest BCUT2D eigenvalue weighted by atomic mass is 9.99. The van der Waals surface area contributed by atoms with Crippen LogP contribution in [-0.4, -0.2) is 33.8 Å². The van der Waals surface area contributed by atoms with Crippen LogP contribution in [0.4, 0.5) is 14.6 Å². The van der Waals surface area contributed by atoms with Crippen molar-refractivity contribution in [1.82, 2.24) is 19.9 Å². The molecule has 2 atom stereocenters. The van der Waals surface area contributed by atoms with Crippen molar-refractivity contribution in [2.75, 3.05) is 18.9 Å². The molecule has 2 aliphatic rings. The number of nitrogens with two attached hydrogens (primary N) is 1. The third-order valence-electron chi connectivity index (χ3n) is 5.32. The third-order valence-corrected chi connectivity index (χ3v) is 5.32. The molecule has 0 spiro atoms. The number of hydrogen-bond donors (Lipinski definition) is 2. The Bertz CT molecular complexity index is 1050. The second-order valence-corrected chi connectivity index (χ2v) is 7.03. The molecule has 0 saturated carbocycles. The van der Waals surface area contributed by atoms with Gasteiger partial charge in [-0.3, -0.25) is 0 Å². The Labute approximate surface area is 159 Å². The van der Waals surface area contributed by atoms with Gasteiger partial charge < -0.3 is 25.1 Å². The Morgan fingerprint density at radius 2 is 2.11 bits per heavy atom. The molecule has 1 saturated heterocycles. The van der Waals surface area contributed by atoms with Gasteiger partial charge >= 0.3 is 0 Å². The monoisotopic (exact) mass is 387 g/mol. The fourth-order valence-electron chi connectivity index (χ4n) is 3.96. The Morgan fingerprint density at radius 3 is 3.00 bits per heavy atom. The summed E-state index contributed by atoms with van der Waals surface area (Å²) in [5.41, 5.74) is 7.72. The predicted molar refractivity (Wildman–Crippen MR) is 97.7 cm³/mol. The highest BCUT2D eigenvalue weighted by atomic mass is 19.1. The van der Waals surface area contributed by atoms with Gasteiger partial charge in [-0.2, -0.15) is 0 Å². The van der Waals surface area contributed by atoms with Crippen LogP contribution in [0.3, 0.4) is 0 Å². The molecule has 0 radical (unpaired) electrons. The van der Waals surface area contributed by atoms with E-state index in [2.05, 4.69) is 15.3 Å². The maximum Gasteiger partial charge on any atom is 0.154 e. The molecular weight excluding hydrogens is 368 g/mol. The first-order valence-corrected chi connectivity index (χ1v) is 9.17. The lowest BCUT2D eigenvalue weighted by molar-refractivity contribution is 0.0523. The Balaban J connectivity index is 1.39. The van der Waals surface area contributed by atoms with E-state index in [0.717, 1.165) is 12.1 Å². The van der Waals surface area contributed by atoms with Gasteiger partial charge in [-0.05, 0) is 30.7 Å². The van der Waals surface area contributed by atoms with E-state index < -0.39 is 12.0 Å². The van der Waals surface area contributed by atoms with Crippen molar-refractivity contribution < 1.29 is 18.3 Å². The van der Waals surface area contributed by atoms with Crippen LogP contribution in [0.25, 0.3) is 11.0 Å². The number of fused-ring (bicyclic) bond motifs is 2. The fourth-order valence-corrected chi connectivity index (χ4v) is 3.96. The van der Waals surface area contributed by atoms with Crippen LogP contribution in [0.15, 0.2) is 24.7 Å². The maximum atomic E-state index is 14.3. The first-order chi connectivity index (χ1) is 13.6. The average Bonchev–Trinajstić information content (AvgIpc) is 3.29. The highest BCUT2D eigenvalue weighted by Crippen LogP contribution is 2.34. The molecule has 0 bridgehead atoms. The van der Waals surface area contributed by atoms with E-state index in [1.165, 1.54) is 18.6 Å². The molecular formula is C19H19F2N5O2. The molecule has 0 amide bonds. The summed E-state index contributed by atoms with van der Waals surface area (Å²) in [6.45, 7) is 1.66. The van der Waals surface area contributed by atoms with E-state index in [0.29, 0.717) is 43.0 Å². The van der Waals surface area contributed by atoms with Crippen LogP contribution in [0.1, 0.15) is 23.8 Å². The van der Waals surface area contributed by atoms with E-state index in [9.17, 15) is 8.78 Å². The smallest absolute Gasteiger partial charge is 0.154 e. The van der Waals surface area contributed by atoms with Gasteiger partial charge in [0.15, 0.2) is 11.5 Å². The number of benzene rings is 1. The summed E-state index contributed by atoms with van der Waals surface area (Å²) in [6, 6.07) is 3.11. The van der Waals surface area contributed by atoms with Crippen LogP contribution in [0.2, 0.25) is 0 Å². The zero-order valence-corrected chi connectivity index (χ0v) is 15.0. The van der Waals surface area contributed by atoms with Crippen molar-refractivity contribution >= 4 is 16.9 Å². The summed E-state index contributed by atoms with van der Waals surface area (Å²) >= 11 is 0. The molecule has 28 heavy (non-hydrogen) atoms. The molecule has 3 aromatic rings. The third kappa shape index (κ3) is 2.78. The molecule has 2 aliphatic heterocycles. The number of hydrogen-bond acceptors (Lipinski definition) is 6. The molecule has 1 aromatic carbocycles. The van der Waals surface area contributed by atoms with E-state index in [1.807, 2.05) is 0 Å². The van der Waals surface area contributed by atoms with E-state index in [1.54, 1.807) is 10.6 Å². The van der Waals surface area contributed by atoms with Gasteiger partial charge in [0.2, 0.25) is 0 Å². The van der Waals surface area contributed by atoms with Crippen molar-refractivity contribution in [3.63, 3.8) is 0 Å². The lowest BCUT2D eigenvalue weighted by Crippen LogP contribution is -2.26. The molecule has 2 aromatic heterocycles. The van der Waals surface area contributed by atoms with E-state index in [-0.39, 0.29) is 23.1 Å². The minimum Gasteiger partial charge on any atom is -0.487 e. The molecule has 9 heteroatoms. The van der Waals surface area contributed by atoms with Gasteiger partial charge in [0.1, 0.15) is 36.0 Å². The summed E-state index contributed by atoms with van der Waals surface area (Å²) in [5, 5.41) is 3.44.